The predicted octanol–water partition coefficient (Wildman–Crippen LogP) is 26.1. The summed E-state index contributed by atoms with van der Waals surface area (Å²) in [5, 5.41) is 15.1. The summed E-state index contributed by atoms with van der Waals surface area (Å²) in [6.45, 7) is 15.5. The van der Waals surface area contributed by atoms with Crippen LogP contribution in [0.5, 0.6) is 17.2 Å². The third kappa shape index (κ3) is 12.7. The van der Waals surface area contributed by atoms with Crippen molar-refractivity contribution >= 4 is 195 Å². The molecular weight excluding hydrogens is 1350 g/mol. The Morgan fingerprint density at radius 1 is 0.389 bits per heavy atom. The highest BCUT2D eigenvalue weighted by Crippen LogP contribution is 2.41. The van der Waals surface area contributed by atoms with E-state index in [-0.39, 0.29) is 0 Å². The number of nitrogens with zero attached hydrogens (tertiary/aromatic N) is 1. The molecule has 0 amide bonds. The molecule has 16 rings (SSSR count). The molecule has 0 unspecified atom stereocenters. The van der Waals surface area contributed by atoms with E-state index in [9.17, 15) is 0 Å². The van der Waals surface area contributed by atoms with Gasteiger partial charge in [0.05, 0.1) is 26.8 Å². The number of thiophene rings is 2. The topological polar surface area (TPSA) is 58.9 Å². The smallest absolute Gasteiger partial charge is 0.139 e. The molecule has 0 aliphatic heterocycles. The van der Waals surface area contributed by atoms with Crippen molar-refractivity contribution in [2.24, 2.45) is 0 Å². The van der Waals surface area contributed by atoms with Crippen LogP contribution in [0, 0.1) is 41.5 Å². The Kier molecular flexibility index (Phi) is 19.9. The minimum Gasteiger partial charge on any atom is -0.496 e. The quantitative estimate of drug-likeness (QED) is 0.176. The third-order valence-corrected chi connectivity index (χ3v) is 21.9. The van der Waals surface area contributed by atoms with Crippen LogP contribution < -0.4 is 14.2 Å². The number of hydrogen-bond acceptors (Lipinski definition) is 7. The lowest BCUT2D eigenvalue weighted by Crippen LogP contribution is -1.94. The molecule has 16 aromatic rings. The van der Waals surface area contributed by atoms with Crippen molar-refractivity contribution in [3.8, 4) is 17.2 Å². The fourth-order valence-corrected chi connectivity index (χ4v) is 15.1. The minimum atomic E-state index is 0.735. The number of furan rings is 2. The zero-order chi connectivity index (χ0) is 63.5. The highest BCUT2D eigenvalue weighted by Gasteiger charge is 2.16. The molecule has 454 valence electrons. The van der Waals surface area contributed by atoms with E-state index < -0.39 is 0 Å². The number of para-hydroxylation sites is 3. The average Bonchev–Trinajstić information content (AvgIpc) is 1.66. The van der Waals surface area contributed by atoms with Crippen molar-refractivity contribution in [2.75, 3.05) is 21.3 Å². The normalized spacial score (nSPS) is 11.1. The summed E-state index contributed by atoms with van der Waals surface area (Å²) in [4.78, 5) is 0. The summed E-state index contributed by atoms with van der Waals surface area (Å²) in [5.41, 5.74) is 13.1. The van der Waals surface area contributed by atoms with Gasteiger partial charge >= 0.3 is 0 Å². The number of methoxy groups -OCH3 is 3. The van der Waals surface area contributed by atoms with Crippen molar-refractivity contribution in [1.82, 2.24) is 4.57 Å². The van der Waals surface area contributed by atoms with Gasteiger partial charge in [-0.05, 0) is 138 Å². The second-order valence-corrected chi connectivity index (χ2v) is 26.6. The Morgan fingerprint density at radius 2 is 0.800 bits per heavy atom. The number of aromatic nitrogens is 1. The molecule has 0 saturated heterocycles. The number of ether oxygens (including phenoxy) is 3. The van der Waals surface area contributed by atoms with Crippen LogP contribution in [-0.2, 0) is 6.54 Å². The van der Waals surface area contributed by atoms with Crippen LogP contribution in [0.3, 0.4) is 0 Å². The van der Waals surface area contributed by atoms with Gasteiger partial charge in [-0.1, -0.05) is 176 Å². The van der Waals surface area contributed by atoms with Gasteiger partial charge in [0.25, 0.3) is 0 Å². The first-order valence-corrected chi connectivity index (χ1v) is 33.6. The Morgan fingerprint density at radius 3 is 1.33 bits per heavy atom. The second-order valence-electron chi connectivity index (χ2n) is 21.6. The first-order chi connectivity index (χ1) is 43.5. The fourth-order valence-electron chi connectivity index (χ4n) is 11.4. The van der Waals surface area contributed by atoms with Gasteiger partial charge in [0.1, 0.15) is 39.6 Å². The molecule has 5 aromatic heterocycles. The number of aryl methyl sites for hydroxylation is 6. The molecular formula is C77H64Br2Cl3NO5S2. The maximum absolute atomic E-state index is 6.23. The average molecular weight is 1410 g/mol. The molecule has 0 atom stereocenters. The standard InChI is InChI=1S/C15H14ClN.C13H9BrO.C13H9BrS.C13H9ClO.C13H9ClS.C10H14O3/c1-3-17-14-7-5-4-6-11(14)12-8-9-13(16)10(2)15(12)17;4*1-8-11(14)7-6-10-9-4-2-3-5-12(9)15-13(8)10;1-7-9(12-3)5-8(11-2)6-10(7)13-4/h4-9H,3H2,1-2H3;4*2-7H,1H3;5-6H,1-4H3. The van der Waals surface area contributed by atoms with Crippen molar-refractivity contribution in [2.45, 2.75) is 55.0 Å². The molecule has 0 spiro atoms. The summed E-state index contributed by atoms with van der Waals surface area (Å²) in [6.07, 6.45) is 0. The molecule has 0 saturated carbocycles. The summed E-state index contributed by atoms with van der Waals surface area (Å²) < 4.78 is 37.1. The summed E-state index contributed by atoms with van der Waals surface area (Å²) in [5.74, 6) is 2.28. The van der Waals surface area contributed by atoms with Gasteiger partial charge in [-0.25, -0.2) is 0 Å². The van der Waals surface area contributed by atoms with Gasteiger partial charge in [-0.15, -0.1) is 22.7 Å². The monoisotopic (exact) mass is 1410 g/mol. The molecule has 0 aliphatic rings. The highest BCUT2D eigenvalue weighted by molar-refractivity contribution is 9.10. The zero-order valence-corrected chi connectivity index (χ0v) is 58.4. The van der Waals surface area contributed by atoms with Crippen LogP contribution in [0.25, 0.3) is 106 Å². The van der Waals surface area contributed by atoms with E-state index in [1.54, 1.807) is 21.3 Å². The molecule has 13 heteroatoms. The minimum absolute atomic E-state index is 0.735. The molecule has 0 bridgehead atoms. The number of halogens is 5. The van der Waals surface area contributed by atoms with Crippen LogP contribution in [-0.4, -0.2) is 25.9 Å². The molecule has 0 aliphatic carbocycles. The molecule has 90 heavy (non-hydrogen) atoms. The van der Waals surface area contributed by atoms with E-state index in [0.717, 1.165) is 93.1 Å². The van der Waals surface area contributed by atoms with Crippen molar-refractivity contribution < 1.29 is 23.0 Å². The maximum Gasteiger partial charge on any atom is 0.139 e. The van der Waals surface area contributed by atoms with E-state index in [0.29, 0.717) is 0 Å². The van der Waals surface area contributed by atoms with E-state index in [1.807, 2.05) is 109 Å². The molecule has 0 fully saturated rings. The highest BCUT2D eigenvalue weighted by atomic mass is 79.9. The van der Waals surface area contributed by atoms with Crippen LogP contribution in [0.4, 0.5) is 0 Å². The Hall–Kier alpha value is -7.51. The first-order valence-electron chi connectivity index (χ1n) is 29.2. The summed E-state index contributed by atoms with van der Waals surface area (Å²) >= 11 is 29.2. The maximum atomic E-state index is 6.23. The number of hydrogen-bond donors (Lipinski definition) is 0. The van der Waals surface area contributed by atoms with Gasteiger partial charge in [0.15, 0.2) is 0 Å². The predicted molar refractivity (Wildman–Crippen MR) is 396 cm³/mol. The second kappa shape index (κ2) is 27.9. The Balaban J connectivity index is 0.000000111. The van der Waals surface area contributed by atoms with E-state index in [1.165, 1.54) is 94.1 Å². The number of benzene rings is 11. The van der Waals surface area contributed by atoms with E-state index in [4.69, 9.17) is 57.8 Å². The number of fused-ring (bicyclic) bond motifs is 15. The molecule has 0 N–H and O–H groups in total. The van der Waals surface area contributed by atoms with Crippen molar-refractivity contribution in [3.05, 3.63) is 252 Å². The lowest BCUT2D eigenvalue weighted by molar-refractivity contribution is 0.371. The van der Waals surface area contributed by atoms with E-state index in [2.05, 4.69) is 192 Å². The van der Waals surface area contributed by atoms with Gasteiger partial charge in [0, 0.05) is 138 Å². The van der Waals surface area contributed by atoms with Crippen LogP contribution in [0.2, 0.25) is 15.1 Å². The molecule has 11 aromatic carbocycles. The number of rotatable bonds is 4. The van der Waals surface area contributed by atoms with Crippen LogP contribution >= 0.6 is 89.3 Å². The van der Waals surface area contributed by atoms with Crippen molar-refractivity contribution in [1.29, 1.82) is 0 Å². The SMILES string of the molecule is CCn1c2ccccc2c2ccc(Cl)c(C)c21.COc1cc(OC)c(C)c(OC)c1.Cc1c(Br)ccc2c1oc1ccccc12.Cc1c(Br)ccc2c1sc1ccccc12.Cc1c(Cl)ccc2c1oc1ccccc12.Cc1c(Cl)ccc2c1sc1ccccc12. The first kappa shape index (κ1) is 64.0. The van der Waals surface area contributed by atoms with Crippen molar-refractivity contribution in [3.63, 3.8) is 0 Å². The fraction of sp³-hybridized carbons (Fsp3) is 0.143. The van der Waals surface area contributed by atoms with Gasteiger partial charge in [-0.2, -0.15) is 0 Å². The summed E-state index contributed by atoms with van der Waals surface area (Å²) in [6, 6.07) is 66.1. The molecule has 5 heterocycles. The van der Waals surface area contributed by atoms with Crippen LogP contribution in [0.1, 0.15) is 40.3 Å². The lowest BCUT2D eigenvalue weighted by atomic mass is 10.1. The lowest BCUT2D eigenvalue weighted by Gasteiger charge is -2.11. The van der Waals surface area contributed by atoms with Gasteiger partial charge in [0.2, 0.25) is 0 Å². The Labute approximate surface area is 563 Å². The molecule has 6 nitrogen and oxygen atoms in total. The van der Waals surface area contributed by atoms with Gasteiger partial charge < -0.3 is 27.6 Å². The third-order valence-electron chi connectivity index (χ3n) is 16.3. The van der Waals surface area contributed by atoms with Crippen LogP contribution in [0.15, 0.2) is 212 Å². The molecule has 0 radical (unpaired) electrons. The van der Waals surface area contributed by atoms with E-state index >= 15 is 0 Å². The van der Waals surface area contributed by atoms with Gasteiger partial charge in [-0.3, -0.25) is 0 Å². The summed E-state index contributed by atoms with van der Waals surface area (Å²) in [7, 11) is 4.87. The largest absolute Gasteiger partial charge is 0.496 e. The zero-order valence-electron chi connectivity index (χ0n) is 51.4. The Bertz CT molecular complexity index is 4810.